The molecule has 390 valence electrons. The smallest absolute Gasteiger partial charge is 0.287 e. The molecule has 2 aliphatic carbocycles. The van der Waals surface area contributed by atoms with E-state index in [0.717, 1.165) is 11.1 Å². The van der Waals surface area contributed by atoms with Crippen LogP contribution in [0, 0.1) is 10.1 Å². The highest BCUT2D eigenvalue weighted by Gasteiger charge is 2.49. The van der Waals surface area contributed by atoms with Crippen molar-refractivity contribution in [3.63, 3.8) is 0 Å². The third-order valence-corrected chi connectivity index (χ3v) is 14.6. The van der Waals surface area contributed by atoms with Crippen LogP contribution in [0.15, 0.2) is 79.3 Å². The van der Waals surface area contributed by atoms with Gasteiger partial charge in [-0.2, -0.15) is 0 Å². The number of Topliss-reactive ketones (excluding diaryl/α,β-unsaturated/α-hetero) is 4. The van der Waals surface area contributed by atoms with Crippen LogP contribution in [0.4, 0.5) is 5.69 Å². The number of carbonyl (C=O) groups is 6. The van der Waals surface area contributed by atoms with E-state index in [1.54, 1.807) is 61.7 Å². The normalized spacial score (nSPS) is 21.0. The molecule has 3 aromatic carbocycles. The number of nitrogens with one attached hydrogen (secondary N) is 1. The van der Waals surface area contributed by atoms with Gasteiger partial charge in [-0.15, -0.1) is 0 Å². The van der Waals surface area contributed by atoms with E-state index in [-0.39, 0.29) is 89.0 Å². The number of fused-ring (bicyclic) bond motifs is 3. The molecule has 0 amide bonds. The van der Waals surface area contributed by atoms with Gasteiger partial charge in [0.15, 0.2) is 35.2 Å². The number of aryl methyl sites for hydroxylation is 3. The maximum absolute atomic E-state index is 14.1. The van der Waals surface area contributed by atoms with Gasteiger partial charge >= 0.3 is 0 Å². The van der Waals surface area contributed by atoms with Crippen LogP contribution in [0.5, 0.6) is 17.2 Å². The number of hydrogen-bond donors (Lipinski definition) is 5. The molecule has 4 unspecified atom stereocenters. The van der Waals surface area contributed by atoms with Gasteiger partial charge in [0.25, 0.3) is 5.69 Å². The van der Waals surface area contributed by atoms with Crippen LogP contribution in [0.1, 0.15) is 129 Å². The topological polar surface area (TPSA) is 281 Å². The van der Waals surface area contributed by atoms with E-state index < -0.39 is 94.0 Å². The highest BCUT2D eigenvalue weighted by molar-refractivity contribution is 6.31. The summed E-state index contributed by atoms with van der Waals surface area (Å²) in [6.07, 6.45) is -0.403. The maximum atomic E-state index is 14.1. The SMILES string of the molecule is COc1cccc2c1C(=O)c1c(O)c3c(c(O)c1C2=O)C[C@@](O)(C(C)=O)C[C@@H]3OC1CC(NCc2ccc(CC(=O)c3cc(CC(=O)c4cc(CC(=O)c5cc([N+](=O)[O-])cn5C)cn4C)cn3C)cc2)C(O)C(C)O1. The predicted octanol–water partition coefficient (Wildman–Crippen LogP) is 5.06. The summed E-state index contributed by atoms with van der Waals surface area (Å²) in [6, 6.07) is 15.6. The van der Waals surface area contributed by atoms with Crippen LogP contribution in [-0.4, -0.2) is 111 Å². The Morgan fingerprint density at radius 2 is 1.36 bits per heavy atom. The molecule has 20 heteroatoms. The first-order chi connectivity index (χ1) is 35.6. The zero-order valence-electron chi connectivity index (χ0n) is 41.9. The number of nitrogens with zero attached hydrogens (tertiary/aromatic N) is 4. The second-order valence-electron chi connectivity index (χ2n) is 19.7. The molecule has 6 aromatic rings. The van der Waals surface area contributed by atoms with Crippen LogP contribution in [0.2, 0.25) is 0 Å². The van der Waals surface area contributed by atoms with Gasteiger partial charge in [-0.3, -0.25) is 38.9 Å². The Bertz CT molecular complexity index is 3360. The number of aliphatic hydroxyl groups is 2. The molecular weight excluding hydrogens is 971 g/mol. The lowest BCUT2D eigenvalue weighted by atomic mass is 9.72. The van der Waals surface area contributed by atoms with Crippen molar-refractivity contribution in [3.05, 3.63) is 162 Å². The first kappa shape index (κ1) is 52.0. The maximum Gasteiger partial charge on any atom is 0.287 e. The summed E-state index contributed by atoms with van der Waals surface area (Å²) in [7, 11) is 6.30. The van der Waals surface area contributed by atoms with Crippen LogP contribution >= 0.6 is 0 Å². The Balaban J connectivity index is 0.835. The Morgan fingerprint density at radius 3 is 1.93 bits per heavy atom. The summed E-state index contributed by atoms with van der Waals surface area (Å²) < 4.78 is 22.6. The molecule has 3 aromatic heterocycles. The van der Waals surface area contributed by atoms with E-state index in [1.807, 2.05) is 24.3 Å². The van der Waals surface area contributed by atoms with Gasteiger partial charge in [0.05, 0.1) is 70.3 Å². The van der Waals surface area contributed by atoms with Gasteiger partial charge in [0.1, 0.15) is 22.8 Å². The van der Waals surface area contributed by atoms with Crippen molar-refractivity contribution in [1.29, 1.82) is 0 Å². The minimum absolute atomic E-state index is 0.00344. The van der Waals surface area contributed by atoms with Gasteiger partial charge in [-0.1, -0.05) is 36.4 Å². The molecule has 0 bridgehead atoms. The zero-order valence-corrected chi connectivity index (χ0v) is 41.9. The van der Waals surface area contributed by atoms with Gasteiger partial charge in [0, 0.05) is 107 Å². The molecular formula is C55H55N5O15. The van der Waals surface area contributed by atoms with Gasteiger partial charge < -0.3 is 53.7 Å². The molecule has 1 aliphatic heterocycles. The summed E-state index contributed by atoms with van der Waals surface area (Å²) in [6.45, 7) is 3.09. The first-order valence-electron chi connectivity index (χ1n) is 24.2. The van der Waals surface area contributed by atoms with Crippen molar-refractivity contribution >= 4 is 40.4 Å². The average Bonchev–Trinajstić information content (AvgIpc) is 4.07. The third-order valence-electron chi connectivity index (χ3n) is 14.6. The number of phenolic OH excluding ortho intramolecular Hbond substituents is 2. The van der Waals surface area contributed by atoms with E-state index in [4.69, 9.17) is 14.2 Å². The van der Waals surface area contributed by atoms with Crippen molar-refractivity contribution in [2.24, 2.45) is 21.1 Å². The number of benzene rings is 3. The molecule has 0 saturated carbocycles. The number of rotatable bonds is 17. The van der Waals surface area contributed by atoms with Crippen molar-refractivity contribution in [2.75, 3.05) is 7.11 Å². The average molecular weight is 1030 g/mol. The fourth-order valence-corrected chi connectivity index (χ4v) is 10.6. The van der Waals surface area contributed by atoms with Gasteiger partial charge in [-0.05, 0) is 54.3 Å². The molecule has 0 spiro atoms. The molecule has 1 saturated heterocycles. The number of ether oxygens (including phenoxy) is 3. The van der Waals surface area contributed by atoms with E-state index in [1.165, 1.54) is 49.1 Å². The van der Waals surface area contributed by atoms with Gasteiger partial charge in [0.2, 0.25) is 5.78 Å². The second kappa shape index (κ2) is 20.1. The molecule has 20 nitrogen and oxygen atoms in total. The lowest BCUT2D eigenvalue weighted by molar-refractivity contribution is -0.384. The fourth-order valence-electron chi connectivity index (χ4n) is 10.6. The van der Waals surface area contributed by atoms with E-state index in [0.29, 0.717) is 22.5 Å². The first-order valence-corrected chi connectivity index (χ1v) is 24.2. The van der Waals surface area contributed by atoms with Crippen molar-refractivity contribution in [3.8, 4) is 17.2 Å². The molecule has 9 rings (SSSR count). The number of hydrogen-bond acceptors (Lipinski definition) is 16. The Labute approximate surface area is 429 Å². The number of methoxy groups -OCH3 is 1. The third kappa shape index (κ3) is 9.73. The monoisotopic (exact) mass is 1030 g/mol. The summed E-state index contributed by atoms with van der Waals surface area (Å²) in [5.41, 5.74) is 0.117. The number of nitro groups is 1. The Morgan fingerprint density at radius 1 is 0.800 bits per heavy atom. The number of phenols is 2. The second-order valence-corrected chi connectivity index (χ2v) is 19.7. The Hall–Kier alpha value is -7.88. The van der Waals surface area contributed by atoms with Crippen LogP contribution < -0.4 is 10.1 Å². The van der Waals surface area contributed by atoms with Crippen LogP contribution in [0.25, 0.3) is 0 Å². The molecule has 0 radical (unpaired) electrons. The molecule has 5 N–H and O–H groups in total. The lowest BCUT2D eigenvalue weighted by Gasteiger charge is -2.43. The zero-order chi connectivity index (χ0) is 53.9. The number of aromatic hydroxyl groups is 2. The number of carbonyl (C=O) groups excluding carboxylic acids is 6. The lowest BCUT2D eigenvalue weighted by Crippen LogP contribution is -2.54. The predicted molar refractivity (Wildman–Crippen MR) is 266 cm³/mol. The fraction of sp³-hybridized carbons (Fsp3) is 0.345. The molecule has 75 heavy (non-hydrogen) atoms. The van der Waals surface area contributed by atoms with Gasteiger partial charge in [-0.25, -0.2) is 0 Å². The quantitative estimate of drug-likeness (QED) is 0.0345. The summed E-state index contributed by atoms with van der Waals surface area (Å²) in [5.74, 6) is -4.16. The molecule has 6 atom stereocenters. The summed E-state index contributed by atoms with van der Waals surface area (Å²) in [5, 5.41) is 61.0. The highest BCUT2D eigenvalue weighted by Crippen LogP contribution is 2.52. The molecule has 1 fully saturated rings. The number of aromatic nitrogens is 3. The highest BCUT2D eigenvalue weighted by atomic mass is 16.7. The Kier molecular flexibility index (Phi) is 13.9. The van der Waals surface area contributed by atoms with Crippen LogP contribution in [0.3, 0.4) is 0 Å². The van der Waals surface area contributed by atoms with Crippen molar-refractivity contribution in [1.82, 2.24) is 19.0 Å². The number of ketones is 6. The minimum Gasteiger partial charge on any atom is -0.507 e. The van der Waals surface area contributed by atoms with E-state index >= 15 is 0 Å². The van der Waals surface area contributed by atoms with E-state index in [2.05, 4.69) is 5.32 Å². The number of aliphatic hydroxyl groups excluding tert-OH is 1. The molecule has 4 heterocycles. The minimum atomic E-state index is -2.10. The van der Waals surface area contributed by atoms with Crippen molar-refractivity contribution < 1.29 is 68.3 Å². The summed E-state index contributed by atoms with van der Waals surface area (Å²) in [4.78, 5) is 91.6. The molecule has 3 aliphatic rings. The van der Waals surface area contributed by atoms with Crippen molar-refractivity contribution in [2.45, 2.75) is 95.2 Å². The largest absolute Gasteiger partial charge is 0.507 e. The summed E-state index contributed by atoms with van der Waals surface area (Å²) >= 11 is 0. The van der Waals surface area contributed by atoms with Crippen LogP contribution in [-0.2, 0) is 67.6 Å². The standard InChI is InChI=1S/C55H55N5O15/c1-27-50(65)36(20-45(74-27)75-44-22-55(70,28(2)61)21-35-47(44)54(69)49-48(52(35)67)51(66)34-8-7-9-43(73-6)46(34)53(49)68)56-23-30-12-10-29(11-13-30)16-40(62)37-14-31(24-57(37)3)17-41(63)38-15-32(25-58(38)4)18-42(64)39-19-33(60(71)72)26-59(39)5/h7-15,19,24-27,36,44-45,50,56,65,67,69-70H,16-18,20-23H2,1-6H3/t27?,36?,44-,45?,50?,55-/m0/s1. The van der Waals surface area contributed by atoms with E-state index in [9.17, 15) is 59.3 Å².